The van der Waals surface area contributed by atoms with Crippen LogP contribution < -0.4 is 0 Å². The summed E-state index contributed by atoms with van der Waals surface area (Å²) < 4.78 is 11.0. The molecule has 4 heterocycles. The van der Waals surface area contributed by atoms with Crippen molar-refractivity contribution in [3.8, 4) is 0 Å². The summed E-state index contributed by atoms with van der Waals surface area (Å²) in [6, 6.07) is 6.01. The van der Waals surface area contributed by atoms with E-state index < -0.39 is 0 Å². The molecule has 1 fully saturated rings. The molecular weight excluding hydrogens is 342 g/mol. The molecule has 2 aliphatic heterocycles. The van der Waals surface area contributed by atoms with E-state index in [9.17, 15) is 4.79 Å². The zero-order chi connectivity index (χ0) is 18.6. The molecule has 0 radical (unpaired) electrons. The van der Waals surface area contributed by atoms with Crippen molar-refractivity contribution in [1.29, 1.82) is 0 Å². The normalized spacial score (nSPS) is 18.9. The molecule has 4 rings (SSSR count). The largest absolute Gasteiger partial charge is 0.376 e. The van der Waals surface area contributed by atoms with Crippen molar-refractivity contribution in [3.63, 3.8) is 0 Å². The molecule has 27 heavy (non-hydrogen) atoms. The number of nitrogens with zero attached hydrogens (tertiary/aromatic N) is 3. The number of ether oxygens (including phenoxy) is 2. The third kappa shape index (κ3) is 4.28. The van der Waals surface area contributed by atoms with Crippen molar-refractivity contribution in [2.45, 2.75) is 38.8 Å². The Balaban J connectivity index is 1.38. The Kier molecular flexibility index (Phi) is 5.36. The number of carbonyl (C=O) groups excluding carboxylic acids is 1. The third-order valence-corrected chi connectivity index (χ3v) is 4.89. The number of aliphatic imine (C=N–C) groups is 1. The minimum Gasteiger partial charge on any atom is -0.376 e. The number of fused-ring (bicyclic) bond motifs is 1. The van der Waals surface area contributed by atoms with Gasteiger partial charge in [0.05, 0.1) is 38.2 Å². The molecule has 0 bridgehead atoms. The molecule has 6 heteroatoms. The fraction of sp³-hybridized carbons (Fsp3) is 0.429. The predicted molar refractivity (Wildman–Crippen MR) is 101 cm³/mol. The van der Waals surface area contributed by atoms with E-state index in [-0.39, 0.29) is 11.9 Å². The van der Waals surface area contributed by atoms with Gasteiger partial charge in [-0.1, -0.05) is 0 Å². The van der Waals surface area contributed by atoms with Gasteiger partial charge in [0, 0.05) is 47.8 Å². The van der Waals surface area contributed by atoms with Crippen LogP contribution in [-0.2, 0) is 27.2 Å². The van der Waals surface area contributed by atoms with Crippen molar-refractivity contribution >= 4 is 11.5 Å². The Morgan fingerprint density at radius 2 is 2.19 bits per heavy atom. The van der Waals surface area contributed by atoms with Crippen molar-refractivity contribution < 1.29 is 14.3 Å². The van der Waals surface area contributed by atoms with E-state index in [4.69, 9.17) is 9.47 Å². The second-order valence-electron chi connectivity index (χ2n) is 7.01. The lowest BCUT2D eigenvalue weighted by atomic mass is 10.0. The minimum atomic E-state index is 0.0375. The highest BCUT2D eigenvalue weighted by atomic mass is 16.6. The standard InChI is InChI=1S/C21H23N3O3/c1-14-8-15(4-5-22-14)21-20-12-23-17(9-16(20)11-24-21)10-18(25)2-3-19-13-26-6-7-27-19/h4-5,8-9,12,19H,2-3,6-7,10-11,13H2,1H3/t19-/m1/s1. The van der Waals surface area contributed by atoms with Crippen LogP contribution in [0.15, 0.2) is 35.6 Å². The average molecular weight is 365 g/mol. The smallest absolute Gasteiger partial charge is 0.138 e. The quantitative estimate of drug-likeness (QED) is 0.786. The topological polar surface area (TPSA) is 73.7 Å². The molecule has 0 N–H and O–H groups in total. The highest BCUT2D eigenvalue weighted by Crippen LogP contribution is 2.23. The van der Waals surface area contributed by atoms with Crippen LogP contribution in [0, 0.1) is 6.92 Å². The first-order valence-corrected chi connectivity index (χ1v) is 9.36. The molecule has 0 saturated carbocycles. The molecule has 140 valence electrons. The Labute approximate surface area is 158 Å². The highest BCUT2D eigenvalue weighted by molar-refractivity contribution is 6.15. The maximum absolute atomic E-state index is 12.3. The summed E-state index contributed by atoms with van der Waals surface area (Å²) in [5.74, 6) is 0.181. The zero-order valence-electron chi connectivity index (χ0n) is 15.5. The Morgan fingerprint density at radius 1 is 1.26 bits per heavy atom. The van der Waals surface area contributed by atoms with Gasteiger partial charge >= 0.3 is 0 Å². The Morgan fingerprint density at radius 3 is 3.00 bits per heavy atom. The number of pyridine rings is 2. The Hall–Kier alpha value is -2.44. The van der Waals surface area contributed by atoms with E-state index in [1.54, 1.807) is 6.20 Å². The summed E-state index contributed by atoms with van der Waals surface area (Å²) >= 11 is 0. The van der Waals surface area contributed by atoms with Crippen LogP contribution in [0.3, 0.4) is 0 Å². The number of hydrogen-bond acceptors (Lipinski definition) is 6. The maximum atomic E-state index is 12.3. The Bertz CT molecular complexity index is 873. The number of ketones is 1. The number of hydrogen-bond donors (Lipinski definition) is 0. The second-order valence-corrected chi connectivity index (χ2v) is 7.01. The van der Waals surface area contributed by atoms with Crippen LogP contribution in [0.5, 0.6) is 0 Å². The van der Waals surface area contributed by atoms with Crippen molar-refractivity contribution in [2.75, 3.05) is 19.8 Å². The van der Waals surface area contributed by atoms with Crippen LogP contribution in [0.4, 0.5) is 0 Å². The van der Waals surface area contributed by atoms with Crippen LogP contribution in [0.1, 0.15) is 40.9 Å². The monoisotopic (exact) mass is 365 g/mol. The first-order chi connectivity index (χ1) is 13.2. The van der Waals surface area contributed by atoms with Crippen molar-refractivity contribution in [2.24, 2.45) is 4.99 Å². The molecule has 1 atom stereocenters. The van der Waals surface area contributed by atoms with Gasteiger partial charge in [-0.25, -0.2) is 0 Å². The molecule has 0 aliphatic carbocycles. The second kappa shape index (κ2) is 8.06. The first kappa shape index (κ1) is 17.9. The van der Waals surface area contributed by atoms with Crippen molar-refractivity contribution in [1.82, 2.24) is 9.97 Å². The van der Waals surface area contributed by atoms with Gasteiger partial charge in [-0.15, -0.1) is 0 Å². The van der Waals surface area contributed by atoms with Gasteiger partial charge in [0.2, 0.25) is 0 Å². The third-order valence-electron chi connectivity index (χ3n) is 4.89. The van der Waals surface area contributed by atoms with Gasteiger partial charge < -0.3 is 9.47 Å². The van der Waals surface area contributed by atoms with Crippen LogP contribution in [0.2, 0.25) is 0 Å². The van der Waals surface area contributed by atoms with Gasteiger partial charge in [-0.3, -0.25) is 19.8 Å². The zero-order valence-corrected chi connectivity index (χ0v) is 15.5. The molecular formula is C21H23N3O3. The van der Waals surface area contributed by atoms with Crippen LogP contribution >= 0.6 is 0 Å². The number of aryl methyl sites for hydroxylation is 1. The summed E-state index contributed by atoms with van der Waals surface area (Å²) in [5, 5.41) is 0. The fourth-order valence-corrected chi connectivity index (χ4v) is 3.49. The predicted octanol–water partition coefficient (Wildman–Crippen LogP) is 2.44. The summed E-state index contributed by atoms with van der Waals surface area (Å²) in [6.07, 6.45) is 5.23. The maximum Gasteiger partial charge on any atom is 0.138 e. The molecule has 0 aromatic carbocycles. The molecule has 0 spiro atoms. The highest BCUT2D eigenvalue weighted by Gasteiger charge is 2.20. The molecule has 6 nitrogen and oxygen atoms in total. The number of Topliss-reactive ketones (excluding diaryl/α,β-unsaturated/α-hetero) is 1. The molecule has 2 aliphatic rings. The summed E-state index contributed by atoms with van der Waals surface area (Å²) in [6.45, 7) is 4.44. The molecule has 0 amide bonds. The molecule has 2 aromatic rings. The van der Waals surface area contributed by atoms with E-state index in [2.05, 4.69) is 15.0 Å². The lowest BCUT2D eigenvalue weighted by Gasteiger charge is -2.22. The fourth-order valence-electron chi connectivity index (χ4n) is 3.49. The van der Waals surface area contributed by atoms with Crippen LogP contribution in [0.25, 0.3) is 0 Å². The van der Waals surface area contributed by atoms with Gasteiger partial charge in [0.1, 0.15) is 5.78 Å². The van der Waals surface area contributed by atoms with E-state index in [0.717, 1.165) is 33.8 Å². The molecule has 1 saturated heterocycles. The number of rotatable bonds is 6. The van der Waals surface area contributed by atoms with E-state index in [1.807, 2.05) is 31.3 Å². The van der Waals surface area contributed by atoms with Gasteiger partial charge in [-0.05, 0) is 37.1 Å². The SMILES string of the molecule is Cc1cc(C2=NCc3cc(CC(=O)CC[C@@H]4COCCO4)ncc32)ccn1. The lowest BCUT2D eigenvalue weighted by molar-refractivity contribution is -0.121. The van der Waals surface area contributed by atoms with E-state index in [1.165, 1.54) is 0 Å². The van der Waals surface area contributed by atoms with Gasteiger partial charge in [0.15, 0.2) is 0 Å². The summed E-state index contributed by atoms with van der Waals surface area (Å²) in [7, 11) is 0. The first-order valence-electron chi connectivity index (χ1n) is 9.36. The minimum absolute atomic E-state index is 0.0375. The number of aromatic nitrogens is 2. The van der Waals surface area contributed by atoms with Crippen molar-refractivity contribution in [3.05, 3.63) is 58.7 Å². The van der Waals surface area contributed by atoms with Crippen LogP contribution in [-0.4, -0.2) is 47.4 Å². The summed E-state index contributed by atoms with van der Waals surface area (Å²) in [4.78, 5) is 25.7. The van der Waals surface area contributed by atoms with E-state index >= 15 is 0 Å². The van der Waals surface area contributed by atoms with Gasteiger partial charge in [0.25, 0.3) is 0 Å². The number of carbonyl (C=O) groups is 1. The lowest BCUT2D eigenvalue weighted by Crippen LogP contribution is -2.29. The van der Waals surface area contributed by atoms with Gasteiger partial charge in [-0.2, -0.15) is 0 Å². The molecule has 2 aromatic heterocycles. The van der Waals surface area contributed by atoms with E-state index in [0.29, 0.717) is 45.6 Å². The summed E-state index contributed by atoms with van der Waals surface area (Å²) in [5.41, 5.74) is 5.95. The average Bonchev–Trinajstić information content (AvgIpc) is 3.10. The molecule has 0 unspecified atom stereocenters.